The molecule has 0 amide bonds. The fourth-order valence-corrected chi connectivity index (χ4v) is 3.25. The first-order valence-corrected chi connectivity index (χ1v) is 7.04. The van der Waals surface area contributed by atoms with Crippen molar-refractivity contribution in [2.45, 2.75) is 6.92 Å². The molecule has 4 aromatic rings. The summed E-state index contributed by atoms with van der Waals surface area (Å²) in [5, 5.41) is 0.624. The highest BCUT2D eigenvalue weighted by atomic mass is 79.9. The number of rotatable bonds is 0. The van der Waals surface area contributed by atoms with Gasteiger partial charge in [0, 0.05) is 4.47 Å². The molecule has 4 rings (SSSR count). The maximum Gasteiger partial charge on any atom is 0.267 e. The molecule has 4 nitrogen and oxygen atoms in total. The second kappa shape index (κ2) is 3.93. The first-order chi connectivity index (χ1) is 9.65. The Morgan fingerprint density at radius 2 is 2.05 bits per heavy atom. The van der Waals surface area contributed by atoms with Crippen molar-refractivity contribution in [1.82, 2.24) is 14.4 Å². The van der Waals surface area contributed by atoms with Crippen LogP contribution in [-0.2, 0) is 0 Å². The van der Waals surface area contributed by atoms with Crippen molar-refractivity contribution in [3.05, 3.63) is 56.8 Å². The Bertz CT molecular complexity index is 1050. The van der Waals surface area contributed by atoms with Gasteiger partial charge in [0.25, 0.3) is 5.56 Å². The third kappa shape index (κ3) is 1.47. The topological polar surface area (TPSA) is 50.2 Å². The lowest BCUT2D eigenvalue weighted by Crippen LogP contribution is -2.14. The number of aromatic nitrogens is 3. The fraction of sp³-hybridized carbons (Fsp3) is 0.0667. The highest BCUT2D eigenvalue weighted by molar-refractivity contribution is 9.10. The summed E-state index contributed by atoms with van der Waals surface area (Å²) in [5.74, 6) is 0.563. The number of benzene rings is 2. The van der Waals surface area contributed by atoms with Gasteiger partial charge in [0.05, 0.1) is 21.9 Å². The smallest absolute Gasteiger partial charge is 0.267 e. The summed E-state index contributed by atoms with van der Waals surface area (Å²) in [6.45, 7) is 1.97. The Morgan fingerprint density at radius 1 is 1.25 bits per heavy atom. The van der Waals surface area contributed by atoms with E-state index >= 15 is 0 Å². The molecule has 98 valence electrons. The van der Waals surface area contributed by atoms with Gasteiger partial charge in [-0.25, -0.2) is 9.38 Å². The molecular weight excluding hydrogens is 318 g/mol. The normalized spacial score (nSPS) is 11.7. The zero-order valence-electron chi connectivity index (χ0n) is 10.6. The van der Waals surface area contributed by atoms with E-state index in [4.69, 9.17) is 0 Å². The van der Waals surface area contributed by atoms with Gasteiger partial charge in [-0.1, -0.05) is 12.1 Å². The molecule has 0 unspecified atom stereocenters. The lowest BCUT2D eigenvalue weighted by molar-refractivity contribution is 1.12. The van der Waals surface area contributed by atoms with Crippen LogP contribution in [0, 0.1) is 6.92 Å². The molecule has 0 fully saturated rings. The van der Waals surface area contributed by atoms with E-state index in [1.54, 1.807) is 4.40 Å². The molecule has 2 aromatic heterocycles. The van der Waals surface area contributed by atoms with Gasteiger partial charge in [-0.3, -0.25) is 4.79 Å². The standard InChI is InChI=1S/C15H10BrN3O/c1-8-6-9-13(10(16)7-8)18-15-17-11-4-2-3-5-12(11)19(15)14(9)20/h2-7H,1H3,(H,17,18). The Balaban J connectivity index is 2.35. The molecule has 0 aliphatic carbocycles. The van der Waals surface area contributed by atoms with Crippen molar-refractivity contribution >= 4 is 43.6 Å². The van der Waals surface area contributed by atoms with Gasteiger partial charge in [-0.05, 0) is 52.7 Å². The Morgan fingerprint density at radius 3 is 2.90 bits per heavy atom. The number of hydrogen-bond acceptors (Lipinski definition) is 2. The van der Waals surface area contributed by atoms with Crippen LogP contribution >= 0.6 is 15.9 Å². The van der Waals surface area contributed by atoms with Crippen LogP contribution < -0.4 is 5.56 Å². The quantitative estimate of drug-likeness (QED) is 0.538. The average Bonchev–Trinajstić information content (AvgIpc) is 2.79. The van der Waals surface area contributed by atoms with Gasteiger partial charge in [0.15, 0.2) is 0 Å². The monoisotopic (exact) mass is 327 g/mol. The number of nitrogens with one attached hydrogen (secondary N) is 1. The van der Waals surface area contributed by atoms with Crippen molar-refractivity contribution in [3.8, 4) is 0 Å². The van der Waals surface area contributed by atoms with E-state index in [1.807, 2.05) is 43.3 Å². The average molecular weight is 328 g/mol. The van der Waals surface area contributed by atoms with Crippen molar-refractivity contribution < 1.29 is 0 Å². The second-order valence-electron chi connectivity index (χ2n) is 4.86. The first-order valence-electron chi connectivity index (χ1n) is 6.24. The van der Waals surface area contributed by atoms with Gasteiger partial charge >= 0.3 is 0 Å². The molecular formula is C15H10BrN3O. The maximum absolute atomic E-state index is 12.7. The molecule has 5 heteroatoms. The first kappa shape index (κ1) is 11.7. The number of para-hydroxylation sites is 2. The molecule has 2 heterocycles. The van der Waals surface area contributed by atoms with E-state index in [9.17, 15) is 4.79 Å². The van der Waals surface area contributed by atoms with Crippen molar-refractivity contribution in [2.75, 3.05) is 0 Å². The predicted octanol–water partition coefficient (Wildman–Crippen LogP) is 3.40. The van der Waals surface area contributed by atoms with E-state index in [2.05, 4.69) is 25.9 Å². The van der Waals surface area contributed by atoms with Crippen LogP contribution in [0.25, 0.3) is 27.7 Å². The molecule has 0 spiro atoms. The second-order valence-corrected chi connectivity index (χ2v) is 5.72. The molecule has 0 aliphatic rings. The zero-order chi connectivity index (χ0) is 13.9. The summed E-state index contributed by atoms with van der Waals surface area (Å²) in [6, 6.07) is 11.5. The van der Waals surface area contributed by atoms with Crippen molar-refractivity contribution in [1.29, 1.82) is 0 Å². The fourth-order valence-electron chi connectivity index (χ4n) is 2.59. The summed E-state index contributed by atoms with van der Waals surface area (Å²) >= 11 is 3.49. The van der Waals surface area contributed by atoms with Crippen LogP contribution in [0.2, 0.25) is 0 Å². The number of hydrogen-bond donors (Lipinski definition) is 1. The molecule has 0 saturated carbocycles. The summed E-state index contributed by atoms with van der Waals surface area (Å²) in [7, 11) is 0. The maximum atomic E-state index is 12.7. The molecule has 20 heavy (non-hydrogen) atoms. The molecule has 2 aromatic carbocycles. The van der Waals surface area contributed by atoms with Gasteiger partial charge in [-0.15, -0.1) is 0 Å². The third-order valence-electron chi connectivity index (χ3n) is 3.46. The van der Waals surface area contributed by atoms with E-state index in [0.29, 0.717) is 16.7 Å². The summed E-state index contributed by atoms with van der Waals surface area (Å²) < 4.78 is 2.47. The van der Waals surface area contributed by atoms with Gasteiger partial charge < -0.3 is 4.98 Å². The molecule has 0 atom stereocenters. The summed E-state index contributed by atoms with van der Waals surface area (Å²) in [6.07, 6.45) is 0. The number of H-pyrrole nitrogens is 1. The number of imidazole rings is 1. The van der Waals surface area contributed by atoms with Crippen LogP contribution in [0.4, 0.5) is 0 Å². The predicted molar refractivity (Wildman–Crippen MR) is 83.3 cm³/mol. The number of aromatic amines is 1. The summed E-state index contributed by atoms with van der Waals surface area (Å²) in [5.41, 5.74) is 3.42. The highest BCUT2D eigenvalue weighted by Gasteiger charge is 2.12. The molecule has 0 saturated heterocycles. The zero-order valence-corrected chi connectivity index (χ0v) is 12.2. The van der Waals surface area contributed by atoms with E-state index in [0.717, 1.165) is 21.1 Å². The van der Waals surface area contributed by atoms with Crippen LogP contribution in [-0.4, -0.2) is 14.4 Å². The minimum absolute atomic E-state index is 0.0492. The van der Waals surface area contributed by atoms with Crippen LogP contribution in [0.3, 0.4) is 0 Å². The van der Waals surface area contributed by atoms with Crippen molar-refractivity contribution in [2.24, 2.45) is 0 Å². The van der Waals surface area contributed by atoms with Gasteiger partial charge in [-0.2, -0.15) is 0 Å². The van der Waals surface area contributed by atoms with Gasteiger partial charge in [0.2, 0.25) is 5.78 Å². The minimum atomic E-state index is -0.0492. The Labute approximate surface area is 122 Å². The van der Waals surface area contributed by atoms with E-state index in [1.165, 1.54) is 0 Å². The molecule has 0 aliphatic heterocycles. The number of aryl methyl sites for hydroxylation is 1. The van der Waals surface area contributed by atoms with Crippen molar-refractivity contribution in [3.63, 3.8) is 0 Å². The van der Waals surface area contributed by atoms with Crippen LogP contribution in [0.15, 0.2) is 45.7 Å². The number of halogens is 1. The highest BCUT2D eigenvalue weighted by Crippen LogP contribution is 2.23. The Hall–Kier alpha value is -2.14. The molecule has 0 bridgehead atoms. The van der Waals surface area contributed by atoms with Gasteiger partial charge in [0.1, 0.15) is 0 Å². The summed E-state index contributed by atoms with van der Waals surface area (Å²) in [4.78, 5) is 20.5. The largest absolute Gasteiger partial charge is 0.323 e. The van der Waals surface area contributed by atoms with Crippen LogP contribution in [0.5, 0.6) is 0 Å². The lowest BCUT2D eigenvalue weighted by Gasteiger charge is -2.03. The SMILES string of the molecule is Cc1cc(Br)c2nc3[nH]c4ccccc4n3c(=O)c2c1. The number of fused-ring (bicyclic) bond motifs is 4. The molecule has 0 radical (unpaired) electrons. The lowest BCUT2D eigenvalue weighted by atomic mass is 10.2. The molecule has 1 N–H and O–H groups in total. The third-order valence-corrected chi connectivity index (χ3v) is 4.07. The minimum Gasteiger partial charge on any atom is -0.323 e. The van der Waals surface area contributed by atoms with E-state index in [-0.39, 0.29) is 5.56 Å². The van der Waals surface area contributed by atoms with Crippen LogP contribution in [0.1, 0.15) is 5.56 Å². The Kier molecular flexibility index (Phi) is 2.29. The number of nitrogens with zero attached hydrogens (tertiary/aromatic N) is 2. The van der Waals surface area contributed by atoms with E-state index < -0.39 is 0 Å².